The zero-order valence-electron chi connectivity index (χ0n) is 16.4. The van der Waals surface area contributed by atoms with Gasteiger partial charge in [0, 0.05) is 48.6 Å². The Morgan fingerprint density at radius 1 is 1.07 bits per heavy atom. The molecule has 3 aromatic heterocycles. The second-order valence-electron chi connectivity index (χ2n) is 8.00. The van der Waals surface area contributed by atoms with Crippen LogP contribution in [-0.2, 0) is 19.6 Å². The van der Waals surface area contributed by atoms with Crippen molar-refractivity contribution in [3.8, 4) is 0 Å². The molecule has 1 aliphatic heterocycles. The molecule has 1 aliphatic rings. The van der Waals surface area contributed by atoms with Gasteiger partial charge in [-0.25, -0.2) is 4.98 Å². The molecule has 0 atom stereocenters. The smallest absolute Gasteiger partial charge is 0.137 e. The number of H-pyrrole nitrogens is 1. The van der Waals surface area contributed by atoms with Gasteiger partial charge < -0.3 is 14.7 Å². The van der Waals surface area contributed by atoms with Gasteiger partial charge in [-0.2, -0.15) is 0 Å². The quantitative estimate of drug-likeness (QED) is 0.537. The SMILES string of the molecule is Cc1ccn2cc(CNCc3ccc4[nH]c(CN5CCCC5)cc4c3)nc2c1. The number of nitrogens with one attached hydrogen (secondary N) is 2. The summed E-state index contributed by atoms with van der Waals surface area (Å²) in [6.07, 6.45) is 6.84. The Labute approximate surface area is 165 Å². The minimum absolute atomic E-state index is 0.770. The van der Waals surface area contributed by atoms with Crippen LogP contribution in [0.1, 0.15) is 35.4 Å². The molecule has 0 radical (unpaired) electrons. The van der Waals surface area contributed by atoms with E-state index in [0.717, 1.165) is 31.0 Å². The zero-order chi connectivity index (χ0) is 18.9. The van der Waals surface area contributed by atoms with Gasteiger partial charge in [0.1, 0.15) is 5.65 Å². The molecule has 0 saturated carbocycles. The minimum atomic E-state index is 0.770. The molecule has 1 aromatic carbocycles. The van der Waals surface area contributed by atoms with Gasteiger partial charge in [-0.3, -0.25) is 4.90 Å². The Hall–Kier alpha value is -2.63. The zero-order valence-corrected chi connectivity index (χ0v) is 16.4. The van der Waals surface area contributed by atoms with Crippen molar-refractivity contribution in [2.75, 3.05) is 13.1 Å². The van der Waals surface area contributed by atoms with E-state index in [1.807, 2.05) is 0 Å². The average molecular weight is 374 g/mol. The van der Waals surface area contributed by atoms with E-state index < -0.39 is 0 Å². The Bertz CT molecular complexity index is 1100. The Kier molecular flexibility index (Phi) is 4.63. The number of fused-ring (bicyclic) bond motifs is 2. The molecule has 2 N–H and O–H groups in total. The molecule has 5 heteroatoms. The lowest BCUT2D eigenvalue weighted by molar-refractivity contribution is 0.328. The summed E-state index contributed by atoms with van der Waals surface area (Å²) < 4.78 is 2.08. The molecule has 1 fully saturated rings. The fourth-order valence-electron chi connectivity index (χ4n) is 4.18. The van der Waals surface area contributed by atoms with E-state index in [4.69, 9.17) is 4.98 Å². The van der Waals surface area contributed by atoms with Crippen LogP contribution in [0.4, 0.5) is 0 Å². The summed E-state index contributed by atoms with van der Waals surface area (Å²) in [5.74, 6) is 0. The van der Waals surface area contributed by atoms with Crippen LogP contribution < -0.4 is 5.32 Å². The third-order valence-corrected chi connectivity index (χ3v) is 5.63. The minimum Gasteiger partial charge on any atom is -0.357 e. The van der Waals surface area contributed by atoms with Gasteiger partial charge >= 0.3 is 0 Å². The van der Waals surface area contributed by atoms with Gasteiger partial charge in [0.2, 0.25) is 0 Å². The van der Waals surface area contributed by atoms with Crippen molar-refractivity contribution in [1.82, 2.24) is 24.6 Å². The second-order valence-corrected chi connectivity index (χ2v) is 8.00. The third-order valence-electron chi connectivity index (χ3n) is 5.63. The molecule has 0 spiro atoms. The molecular formula is C23H27N5. The molecule has 144 valence electrons. The number of nitrogens with zero attached hydrogens (tertiary/aromatic N) is 3. The van der Waals surface area contributed by atoms with Gasteiger partial charge in [0.25, 0.3) is 0 Å². The number of pyridine rings is 1. The van der Waals surface area contributed by atoms with Gasteiger partial charge in [-0.15, -0.1) is 0 Å². The van der Waals surface area contributed by atoms with Crippen LogP contribution >= 0.6 is 0 Å². The van der Waals surface area contributed by atoms with Crippen LogP contribution in [0.25, 0.3) is 16.6 Å². The first-order valence-corrected chi connectivity index (χ1v) is 10.2. The molecule has 5 rings (SSSR count). The number of aryl methyl sites for hydroxylation is 1. The summed E-state index contributed by atoms with van der Waals surface area (Å²) in [6.45, 7) is 7.21. The fraction of sp³-hybridized carbons (Fsp3) is 0.348. The summed E-state index contributed by atoms with van der Waals surface area (Å²) in [7, 11) is 0. The largest absolute Gasteiger partial charge is 0.357 e. The first-order valence-electron chi connectivity index (χ1n) is 10.2. The van der Waals surface area contributed by atoms with E-state index in [0.29, 0.717) is 0 Å². The van der Waals surface area contributed by atoms with Crippen molar-refractivity contribution in [2.24, 2.45) is 0 Å². The lowest BCUT2D eigenvalue weighted by Gasteiger charge is -2.12. The highest BCUT2D eigenvalue weighted by Crippen LogP contribution is 2.20. The number of hydrogen-bond acceptors (Lipinski definition) is 3. The van der Waals surface area contributed by atoms with E-state index in [-0.39, 0.29) is 0 Å². The highest BCUT2D eigenvalue weighted by atomic mass is 15.1. The number of aromatic amines is 1. The Morgan fingerprint density at radius 2 is 1.96 bits per heavy atom. The van der Waals surface area contributed by atoms with E-state index in [9.17, 15) is 0 Å². The van der Waals surface area contributed by atoms with Crippen LogP contribution in [0.2, 0.25) is 0 Å². The number of benzene rings is 1. The fourth-order valence-corrected chi connectivity index (χ4v) is 4.18. The van der Waals surface area contributed by atoms with Crippen LogP contribution in [0.5, 0.6) is 0 Å². The van der Waals surface area contributed by atoms with E-state index >= 15 is 0 Å². The molecular weight excluding hydrogens is 346 g/mol. The van der Waals surface area contributed by atoms with Crippen molar-refractivity contribution in [2.45, 2.75) is 39.4 Å². The predicted octanol–water partition coefficient (Wildman–Crippen LogP) is 4.01. The first kappa shape index (κ1) is 17.5. The van der Waals surface area contributed by atoms with Gasteiger partial charge in [0.05, 0.1) is 5.69 Å². The lowest BCUT2D eigenvalue weighted by atomic mass is 10.1. The van der Waals surface area contributed by atoms with E-state index in [1.54, 1.807) is 0 Å². The summed E-state index contributed by atoms with van der Waals surface area (Å²) in [4.78, 5) is 10.8. The van der Waals surface area contributed by atoms with Crippen molar-refractivity contribution < 1.29 is 0 Å². The number of rotatable bonds is 6. The number of hydrogen-bond donors (Lipinski definition) is 2. The summed E-state index contributed by atoms with van der Waals surface area (Å²) >= 11 is 0. The molecule has 1 saturated heterocycles. The van der Waals surface area contributed by atoms with Gasteiger partial charge in [-0.05, 0) is 74.3 Å². The molecule has 0 aliphatic carbocycles. The summed E-state index contributed by atoms with van der Waals surface area (Å²) in [6, 6.07) is 13.2. The van der Waals surface area contributed by atoms with E-state index in [1.165, 1.54) is 53.7 Å². The van der Waals surface area contributed by atoms with Crippen LogP contribution in [0.15, 0.2) is 48.8 Å². The van der Waals surface area contributed by atoms with Crippen LogP contribution in [0.3, 0.4) is 0 Å². The molecule has 0 unspecified atom stereocenters. The average Bonchev–Trinajstić information content (AvgIpc) is 3.40. The predicted molar refractivity (Wildman–Crippen MR) is 113 cm³/mol. The second kappa shape index (κ2) is 7.41. The molecule has 0 amide bonds. The van der Waals surface area contributed by atoms with E-state index in [2.05, 4.69) is 75.3 Å². The highest BCUT2D eigenvalue weighted by molar-refractivity contribution is 5.81. The number of imidazole rings is 1. The molecule has 4 heterocycles. The molecule has 0 bridgehead atoms. The molecule has 28 heavy (non-hydrogen) atoms. The standard InChI is InChI=1S/C23H27N5/c1-17-6-9-28-16-21(26-23(28)10-17)14-24-13-18-4-5-22-19(11-18)12-20(25-22)15-27-7-2-3-8-27/h4-6,9-12,16,24-25H,2-3,7-8,13-15H2,1H3. The summed E-state index contributed by atoms with van der Waals surface area (Å²) in [5.41, 5.74) is 7.17. The van der Waals surface area contributed by atoms with Crippen molar-refractivity contribution in [1.29, 1.82) is 0 Å². The number of likely N-dealkylation sites (tertiary alicyclic amines) is 1. The monoisotopic (exact) mass is 373 g/mol. The maximum Gasteiger partial charge on any atom is 0.137 e. The highest BCUT2D eigenvalue weighted by Gasteiger charge is 2.13. The van der Waals surface area contributed by atoms with Crippen molar-refractivity contribution in [3.63, 3.8) is 0 Å². The van der Waals surface area contributed by atoms with Crippen molar-refractivity contribution >= 4 is 16.6 Å². The maximum atomic E-state index is 4.70. The summed E-state index contributed by atoms with van der Waals surface area (Å²) in [5, 5.41) is 4.83. The topological polar surface area (TPSA) is 48.4 Å². The van der Waals surface area contributed by atoms with Crippen molar-refractivity contribution in [3.05, 3.63) is 71.3 Å². The maximum absolute atomic E-state index is 4.70. The first-order chi connectivity index (χ1) is 13.7. The normalized spacial score (nSPS) is 15.2. The van der Waals surface area contributed by atoms with Crippen LogP contribution in [-0.4, -0.2) is 32.4 Å². The Balaban J connectivity index is 1.23. The third kappa shape index (κ3) is 3.68. The molecule has 4 aromatic rings. The lowest BCUT2D eigenvalue weighted by Crippen LogP contribution is -2.18. The Morgan fingerprint density at radius 3 is 2.86 bits per heavy atom. The van der Waals surface area contributed by atoms with Gasteiger partial charge in [-0.1, -0.05) is 6.07 Å². The molecule has 5 nitrogen and oxygen atoms in total. The van der Waals surface area contributed by atoms with Crippen LogP contribution in [0, 0.1) is 6.92 Å². The van der Waals surface area contributed by atoms with Gasteiger partial charge in [0.15, 0.2) is 0 Å². The number of aromatic nitrogens is 3.